The smallest absolute Gasteiger partial charge is 0.265 e. The number of anilines is 2. The first kappa shape index (κ1) is 15.2. The predicted molar refractivity (Wildman–Crippen MR) is 76.2 cm³/mol. The monoisotopic (exact) mass is 285 g/mol. The first-order valence-electron chi connectivity index (χ1n) is 5.91. The lowest BCUT2D eigenvalue weighted by Gasteiger charge is -2.11. The summed E-state index contributed by atoms with van der Waals surface area (Å²) < 4.78 is 0. The summed E-state index contributed by atoms with van der Waals surface area (Å²) in [5.41, 5.74) is 10.8. The molecule has 106 valence electrons. The molecule has 2 amide bonds. The van der Waals surface area contributed by atoms with E-state index in [-0.39, 0.29) is 24.2 Å². The number of nitrogen functional groups attached to an aromatic ring is 1. The summed E-state index contributed by atoms with van der Waals surface area (Å²) in [7, 11) is 1.87. The van der Waals surface area contributed by atoms with Crippen LogP contribution in [-0.2, 0) is 4.79 Å². The lowest BCUT2D eigenvalue weighted by molar-refractivity contribution is -0.118. The van der Waals surface area contributed by atoms with Crippen LogP contribution in [0.4, 0.5) is 10.9 Å². The number of hydrogen-bond donors (Lipinski definition) is 3. The molecule has 8 heteroatoms. The van der Waals surface area contributed by atoms with Crippen LogP contribution >= 0.6 is 11.3 Å². The van der Waals surface area contributed by atoms with Crippen LogP contribution in [0.2, 0.25) is 0 Å². The average Bonchev–Trinajstić information content (AvgIpc) is 2.69. The predicted octanol–water partition coefficient (Wildman–Crippen LogP) is 0.175. The molecular weight excluding hydrogens is 266 g/mol. The first-order chi connectivity index (χ1) is 8.85. The van der Waals surface area contributed by atoms with Gasteiger partial charge in [-0.25, -0.2) is 4.98 Å². The molecule has 0 aliphatic rings. The molecule has 1 atom stereocenters. The minimum atomic E-state index is -0.462. The maximum Gasteiger partial charge on any atom is 0.265 e. The number of carbonyl (C=O) groups excluding carboxylic acids is 2. The van der Waals surface area contributed by atoms with Gasteiger partial charge in [0.25, 0.3) is 5.91 Å². The summed E-state index contributed by atoms with van der Waals surface area (Å²) in [4.78, 5) is 29.1. The number of rotatable bonds is 6. The van der Waals surface area contributed by atoms with Crippen molar-refractivity contribution in [1.82, 2.24) is 10.3 Å². The Morgan fingerprint density at radius 3 is 2.68 bits per heavy atom. The van der Waals surface area contributed by atoms with Gasteiger partial charge in [0.05, 0.1) is 0 Å². The van der Waals surface area contributed by atoms with Crippen molar-refractivity contribution in [3.63, 3.8) is 0 Å². The van der Waals surface area contributed by atoms with Gasteiger partial charge in [-0.15, -0.1) is 0 Å². The number of primary amides is 1. The molecule has 1 aromatic rings. The van der Waals surface area contributed by atoms with E-state index in [4.69, 9.17) is 11.5 Å². The van der Waals surface area contributed by atoms with Crippen LogP contribution in [0, 0.1) is 0 Å². The molecule has 1 unspecified atom stereocenters. The second-order valence-corrected chi connectivity index (χ2v) is 5.25. The Balaban J connectivity index is 2.77. The van der Waals surface area contributed by atoms with Crippen molar-refractivity contribution in [2.24, 2.45) is 5.73 Å². The van der Waals surface area contributed by atoms with Crippen molar-refractivity contribution < 1.29 is 9.59 Å². The lowest BCUT2D eigenvalue weighted by Crippen LogP contribution is -2.35. The maximum atomic E-state index is 12.0. The number of nitrogens with zero attached hydrogens (tertiary/aromatic N) is 2. The molecule has 0 fully saturated rings. The van der Waals surface area contributed by atoms with E-state index < -0.39 is 5.91 Å². The van der Waals surface area contributed by atoms with Crippen LogP contribution in [-0.4, -0.2) is 36.4 Å². The van der Waals surface area contributed by atoms with Gasteiger partial charge in [0, 0.05) is 26.1 Å². The van der Waals surface area contributed by atoms with Crippen LogP contribution in [0.25, 0.3) is 0 Å². The van der Waals surface area contributed by atoms with Crippen LogP contribution in [0.5, 0.6) is 0 Å². The second kappa shape index (κ2) is 6.37. The van der Waals surface area contributed by atoms with Crippen molar-refractivity contribution in [1.29, 1.82) is 0 Å². The zero-order chi connectivity index (χ0) is 14.6. The van der Waals surface area contributed by atoms with E-state index in [0.29, 0.717) is 10.0 Å². The van der Waals surface area contributed by atoms with E-state index in [2.05, 4.69) is 10.3 Å². The van der Waals surface area contributed by atoms with Gasteiger partial charge in [0.15, 0.2) is 5.13 Å². The molecule has 0 saturated carbocycles. The number of hydrogen-bond acceptors (Lipinski definition) is 6. The third kappa shape index (κ3) is 4.09. The van der Waals surface area contributed by atoms with Crippen molar-refractivity contribution in [3.05, 3.63) is 4.88 Å². The maximum absolute atomic E-state index is 12.0. The molecular formula is C11H19N5O2S. The molecule has 0 aliphatic heterocycles. The van der Waals surface area contributed by atoms with Crippen LogP contribution in [0.3, 0.4) is 0 Å². The van der Waals surface area contributed by atoms with E-state index in [1.165, 1.54) is 11.3 Å². The Morgan fingerprint density at radius 2 is 2.16 bits per heavy atom. The molecule has 19 heavy (non-hydrogen) atoms. The molecule has 0 radical (unpaired) electrons. The zero-order valence-electron chi connectivity index (χ0n) is 11.3. The number of nitrogens with one attached hydrogen (secondary N) is 1. The van der Waals surface area contributed by atoms with Gasteiger partial charge < -0.3 is 21.7 Å². The van der Waals surface area contributed by atoms with E-state index in [1.807, 2.05) is 18.9 Å². The van der Waals surface area contributed by atoms with Crippen molar-refractivity contribution >= 4 is 34.1 Å². The Labute approximate surface area is 116 Å². The van der Waals surface area contributed by atoms with Gasteiger partial charge in [-0.2, -0.15) is 0 Å². The second-order valence-electron chi connectivity index (χ2n) is 4.27. The average molecular weight is 285 g/mol. The Morgan fingerprint density at radius 1 is 1.53 bits per heavy atom. The van der Waals surface area contributed by atoms with E-state index >= 15 is 0 Å². The van der Waals surface area contributed by atoms with E-state index in [9.17, 15) is 9.59 Å². The largest absolute Gasteiger partial charge is 0.382 e. The molecule has 0 aromatic carbocycles. The summed E-state index contributed by atoms with van der Waals surface area (Å²) in [6.45, 7) is 4.46. The summed E-state index contributed by atoms with van der Waals surface area (Å²) in [5.74, 6) is -0.597. The normalized spacial score (nSPS) is 11.9. The van der Waals surface area contributed by atoms with E-state index in [1.54, 1.807) is 6.92 Å². The molecule has 0 saturated heterocycles. The third-order valence-corrected chi connectivity index (χ3v) is 3.72. The van der Waals surface area contributed by atoms with Gasteiger partial charge in [0.1, 0.15) is 10.7 Å². The topological polar surface area (TPSA) is 114 Å². The zero-order valence-corrected chi connectivity index (χ0v) is 12.1. The fraction of sp³-hybridized carbons (Fsp3) is 0.545. The quantitative estimate of drug-likeness (QED) is 0.689. The highest BCUT2D eigenvalue weighted by molar-refractivity contribution is 7.18. The van der Waals surface area contributed by atoms with Crippen molar-refractivity contribution in [2.75, 3.05) is 24.2 Å². The van der Waals surface area contributed by atoms with Gasteiger partial charge in [-0.3, -0.25) is 9.59 Å². The Hall–Kier alpha value is -1.83. The molecule has 1 rings (SSSR count). The molecule has 0 aliphatic carbocycles. The fourth-order valence-corrected chi connectivity index (χ4v) is 2.34. The summed E-state index contributed by atoms with van der Waals surface area (Å²) in [5, 5.41) is 3.36. The third-order valence-electron chi connectivity index (χ3n) is 2.53. The number of thiazole rings is 1. The molecule has 0 spiro atoms. The fourth-order valence-electron chi connectivity index (χ4n) is 1.42. The van der Waals surface area contributed by atoms with Gasteiger partial charge in [-0.05, 0) is 13.8 Å². The van der Waals surface area contributed by atoms with Crippen molar-refractivity contribution in [2.45, 2.75) is 26.3 Å². The van der Waals surface area contributed by atoms with Gasteiger partial charge in [0.2, 0.25) is 5.91 Å². The number of aromatic nitrogens is 1. The number of nitrogens with two attached hydrogens (primary N) is 2. The van der Waals surface area contributed by atoms with E-state index in [0.717, 1.165) is 6.54 Å². The molecule has 1 aromatic heterocycles. The Kier molecular flexibility index (Phi) is 5.11. The lowest BCUT2D eigenvalue weighted by atomic mass is 10.2. The summed E-state index contributed by atoms with van der Waals surface area (Å²) in [6.07, 6.45) is 0.0895. The van der Waals surface area contributed by atoms with Crippen LogP contribution in [0.15, 0.2) is 0 Å². The highest BCUT2D eigenvalue weighted by atomic mass is 32.1. The first-order valence-corrected chi connectivity index (χ1v) is 6.73. The summed E-state index contributed by atoms with van der Waals surface area (Å²) in [6, 6.07) is -0.334. The van der Waals surface area contributed by atoms with Crippen LogP contribution in [0.1, 0.15) is 29.9 Å². The van der Waals surface area contributed by atoms with Gasteiger partial charge in [-0.1, -0.05) is 11.3 Å². The minimum absolute atomic E-state index is 0.0895. The number of amides is 2. The SMILES string of the molecule is CCN(C)c1nc(N)c(C(=O)NC(C)CC(N)=O)s1. The van der Waals surface area contributed by atoms with Crippen LogP contribution < -0.4 is 21.7 Å². The minimum Gasteiger partial charge on any atom is -0.382 e. The highest BCUT2D eigenvalue weighted by Gasteiger charge is 2.19. The highest BCUT2D eigenvalue weighted by Crippen LogP contribution is 2.27. The van der Waals surface area contributed by atoms with Crippen molar-refractivity contribution in [3.8, 4) is 0 Å². The molecule has 7 nitrogen and oxygen atoms in total. The molecule has 5 N–H and O–H groups in total. The van der Waals surface area contributed by atoms with Gasteiger partial charge >= 0.3 is 0 Å². The standard InChI is InChI=1S/C11H19N5O2S/c1-4-16(3)11-15-9(13)8(19-11)10(18)14-6(2)5-7(12)17/h6H,4-5,13H2,1-3H3,(H2,12,17)(H,14,18). The summed E-state index contributed by atoms with van der Waals surface area (Å²) >= 11 is 1.22. The Bertz CT molecular complexity index is 474. The number of carbonyl (C=O) groups is 2. The molecule has 1 heterocycles. The molecule has 0 bridgehead atoms.